The lowest BCUT2D eigenvalue weighted by Gasteiger charge is -2.29. The molecule has 0 radical (unpaired) electrons. The first-order valence-corrected chi connectivity index (χ1v) is 6.18. The number of anilines is 1. The van der Waals surface area contributed by atoms with Gasteiger partial charge in [-0.25, -0.2) is 0 Å². The molecule has 0 bridgehead atoms. The number of rotatable bonds is 2. The summed E-state index contributed by atoms with van der Waals surface area (Å²) in [5.41, 5.74) is 3.75. The molecule has 0 spiro atoms. The van der Waals surface area contributed by atoms with Crippen molar-refractivity contribution in [1.29, 1.82) is 0 Å². The third-order valence-electron chi connectivity index (χ3n) is 3.59. The van der Waals surface area contributed by atoms with Crippen molar-refractivity contribution in [3.8, 4) is 0 Å². The highest BCUT2D eigenvalue weighted by Crippen LogP contribution is 2.23. The van der Waals surface area contributed by atoms with Crippen LogP contribution >= 0.6 is 0 Å². The van der Waals surface area contributed by atoms with Gasteiger partial charge >= 0.3 is 0 Å². The van der Waals surface area contributed by atoms with Crippen LogP contribution in [0.4, 0.5) is 5.69 Å². The summed E-state index contributed by atoms with van der Waals surface area (Å²) < 4.78 is 0. The zero-order chi connectivity index (χ0) is 11.5. The summed E-state index contributed by atoms with van der Waals surface area (Å²) in [5.74, 6) is 0. The maximum atomic E-state index is 9.89. The maximum absolute atomic E-state index is 9.89. The number of aliphatic hydroxyl groups excluding tert-OH is 1. The van der Waals surface area contributed by atoms with Crippen LogP contribution in [-0.4, -0.2) is 17.3 Å². The Labute approximate surface area is 97.7 Å². The summed E-state index contributed by atoms with van der Waals surface area (Å²) in [6.07, 6.45) is 4.21. The molecule has 0 amide bonds. The largest absolute Gasteiger partial charge is 0.391 e. The Bertz CT molecular complexity index is 362. The smallest absolute Gasteiger partial charge is 0.0741 e. The van der Waals surface area contributed by atoms with E-state index in [0.29, 0.717) is 0 Å². The van der Waals surface area contributed by atoms with E-state index in [1.165, 1.54) is 17.5 Å². The van der Waals surface area contributed by atoms with Gasteiger partial charge in [-0.1, -0.05) is 18.9 Å². The van der Waals surface area contributed by atoms with Gasteiger partial charge < -0.3 is 10.4 Å². The van der Waals surface area contributed by atoms with E-state index < -0.39 is 0 Å². The van der Waals surface area contributed by atoms with Crippen LogP contribution in [0.3, 0.4) is 0 Å². The minimum atomic E-state index is -0.185. The Balaban J connectivity index is 2.05. The van der Waals surface area contributed by atoms with Gasteiger partial charge in [0.15, 0.2) is 0 Å². The van der Waals surface area contributed by atoms with Crippen molar-refractivity contribution in [1.82, 2.24) is 0 Å². The van der Waals surface area contributed by atoms with Crippen molar-refractivity contribution in [2.75, 3.05) is 5.32 Å². The molecule has 2 unspecified atom stereocenters. The Morgan fingerprint density at radius 1 is 1.12 bits per heavy atom. The van der Waals surface area contributed by atoms with Gasteiger partial charge in [-0.2, -0.15) is 0 Å². The topological polar surface area (TPSA) is 32.3 Å². The summed E-state index contributed by atoms with van der Waals surface area (Å²) in [6.45, 7) is 4.24. The number of aliphatic hydroxyl groups is 1. The number of benzene rings is 1. The van der Waals surface area contributed by atoms with Crippen LogP contribution in [0.2, 0.25) is 0 Å². The van der Waals surface area contributed by atoms with Crippen LogP contribution in [0.15, 0.2) is 18.2 Å². The fourth-order valence-corrected chi connectivity index (χ4v) is 2.32. The molecule has 0 saturated heterocycles. The van der Waals surface area contributed by atoms with Gasteiger partial charge in [0.2, 0.25) is 0 Å². The Morgan fingerprint density at radius 3 is 2.56 bits per heavy atom. The highest BCUT2D eigenvalue weighted by molar-refractivity contribution is 5.49. The fourth-order valence-electron chi connectivity index (χ4n) is 2.32. The third-order valence-corrected chi connectivity index (χ3v) is 3.59. The first-order chi connectivity index (χ1) is 7.66. The van der Waals surface area contributed by atoms with Gasteiger partial charge in [0.25, 0.3) is 0 Å². The van der Waals surface area contributed by atoms with Crippen LogP contribution < -0.4 is 5.32 Å². The molecule has 1 aromatic rings. The van der Waals surface area contributed by atoms with Crippen LogP contribution in [0.5, 0.6) is 0 Å². The minimum Gasteiger partial charge on any atom is -0.391 e. The van der Waals surface area contributed by atoms with E-state index in [1.807, 2.05) is 0 Å². The minimum absolute atomic E-state index is 0.185. The monoisotopic (exact) mass is 219 g/mol. The van der Waals surface area contributed by atoms with E-state index in [-0.39, 0.29) is 12.1 Å². The van der Waals surface area contributed by atoms with Gasteiger partial charge in [0.05, 0.1) is 12.1 Å². The molecule has 2 rings (SSSR count). The SMILES string of the molecule is Cc1ccc(NC2CCCCC2O)cc1C. The summed E-state index contributed by atoms with van der Waals surface area (Å²) in [5, 5.41) is 13.3. The lowest BCUT2D eigenvalue weighted by molar-refractivity contribution is 0.116. The quantitative estimate of drug-likeness (QED) is 0.801. The van der Waals surface area contributed by atoms with E-state index in [9.17, 15) is 5.11 Å². The lowest BCUT2D eigenvalue weighted by Crippen LogP contribution is -2.36. The van der Waals surface area contributed by atoms with E-state index in [2.05, 4.69) is 37.4 Å². The van der Waals surface area contributed by atoms with Crippen LogP contribution in [0.1, 0.15) is 36.8 Å². The molecule has 88 valence electrons. The van der Waals surface area contributed by atoms with E-state index in [4.69, 9.17) is 0 Å². The molecule has 16 heavy (non-hydrogen) atoms. The molecule has 1 fully saturated rings. The summed E-state index contributed by atoms with van der Waals surface area (Å²) in [7, 11) is 0. The molecule has 0 heterocycles. The zero-order valence-corrected chi connectivity index (χ0v) is 10.2. The van der Waals surface area contributed by atoms with Crippen molar-refractivity contribution in [2.45, 2.75) is 51.7 Å². The molecule has 1 aliphatic rings. The Morgan fingerprint density at radius 2 is 1.88 bits per heavy atom. The fraction of sp³-hybridized carbons (Fsp3) is 0.571. The number of nitrogens with one attached hydrogen (secondary N) is 1. The predicted octanol–water partition coefficient (Wildman–Crippen LogP) is 3.02. The highest BCUT2D eigenvalue weighted by Gasteiger charge is 2.22. The van der Waals surface area contributed by atoms with Crippen LogP contribution in [0, 0.1) is 13.8 Å². The second-order valence-electron chi connectivity index (χ2n) is 4.90. The Hall–Kier alpha value is -1.02. The zero-order valence-electron chi connectivity index (χ0n) is 10.2. The summed E-state index contributed by atoms with van der Waals surface area (Å²) in [6, 6.07) is 6.63. The molecule has 1 aliphatic carbocycles. The van der Waals surface area contributed by atoms with Crippen LogP contribution in [-0.2, 0) is 0 Å². The molecule has 1 aromatic carbocycles. The molecule has 2 atom stereocenters. The molecule has 2 heteroatoms. The molecular weight excluding hydrogens is 198 g/mol. The lowest BCUT2D eigenvalue weighted by atomic mass is 9.92. The predicted molar refractivity (Wildman–Crippen MR) is 67.8 cm³/mol. The maximum Gasteiger partial charge on any atom is 0.0741 e. The standard InChI is InChI=1S/C14H21NO/c1-10-7-8-12(9-11(10)2)15-13-5-3-4-6-14(13)16/h7-9,13-16H,3-6H2,1-2H3. The molecular formula is C14H21NO. The number of hydrogen-bond donors (Lipinski definition) is 2. The van der Waals surface area contributed by atoms with Crippen molar-refractivity contribution in [3.05, 3.63) is 29.3 Å². The Kier molecular flexibility index (Phi) is 3.49. The van der Waals surface area contributed by atoms with Crippen molar-refractivity contribution < 1.29 is 5.11 Å². The molecule has 2 N–H and O–H groups in total. The van der Waals surface area contributed by atoms with Crippen molar-refractivity contribution >= 4 is 5.69 Å². The summed E-state index contributed by atoms with van der Waals surface area (Å²) >= 11 is 0. The van der Waals surface area contributed by atoms with Crippen molar-refractivity contribution in [3.63, 3.8) is 0 Å². The molecule has 1 saturated carbocycles. The first-order valence-electron chi connectivity index (χ1n) is 6.18. The van der Waals surface area contributed by atoms with Gasteiger partial charge in [-0.15, -0.1) is 0 Å². The van der Waals surface area contributed by atoms with Gasteiger partial charge in [-0.3, -0.25) is 0 Å². The van der Waals surface area contributed by atoms with Gasteiger partial charge in [0.1, 0.15) is 0 Å². The average Bonchev–Trinajstić information content (AvgIpc) is 2.27. The van der Waals surface area contributed by atoms with E-state index in [0.717, 1.165) is 24.9 Å². The highest BCUT2D eigenvalue weighted by atomic mass is 16.3. The molecule has 0 aromatic heterocycles. The van der Waals surface area contributed by atoms with Gasteiger partial charge in [0, 0.05) is 5.69 Å². The van der Waals surface area contributed by atoms with Gasteiger partial charge in [-0.05, 0) is 49.9 Å². The second-order valence-corrected chi connectivity index (χ2v) is 4.90. The molecule has 2 nitrogen and oxygen atoms in total. The number of aryl methyl sites for hydroxylation is 2. The molecule has 0 aliphatic heterocycles. The summed E-state index contributed by atoms with van der Waals surface area (Å²) in [4.78, 5) is 0. The second kappa shape index (κ2) is 4.88. The number of hydrogen-bond acceptors (Lipinski definition) is 2. The first kappa shape index (κ1) is 11.5. The normalized spacial score (nSPS) is 25.4. The van der Waals surface area contributed by atoms with Crippen LogP contribution in [0.25, 0.3) is 0 Å². The average molecular weight is 219 g/mol. The van der Waals surface area contributed by atoms with E-state index in [1.54, 1.807) is 0 Å². The third kappa shape index (κ3) is 2.56. The van der Waals surface area contributed by atoms with E-state index >= 15 is 0 Å². The van der Waals surface area contributed by atoms with Crippen molar-refractivity contribution in [2.24, 2.45) is 0 Å².